The second kappa shape index (κ2) is 6.19. The van der Waals surface area contributed by atoms with Crippen LogP contribution >= 0.6 is 46.4 Å². The number of benzene rings is 1. The number of halogens is 4. The zero-order chi connectivity index (χ0) is 14.9. The number of nitrogens with zero attached hydrogens (tertiary/aromatic N) is 1. The van der Waals surface area contributed by atoms with E-state index in [4.69, 9.17) is 46.4 Å². The molecule has 0 fully saturated rings. The Morgan fingerprint density at radius 1 is 1.10 bits per heavy atom. The van der Waals surface area contributed by atoms with Gasteiger partial charge in [-0.2, -0.15) is 0 Å². The molecule has 1 heterocycles. The first-order valence-corrected chi connectivity index (χ1v) is 6.84. The lowest BCUT2D eigenvalue weighted by Gasteiger charge is -2.10. The Hall–Kier alpha value is -1.000. The highest BCUT2D eigenvalue weighted by atomic mass is 35.5. The molecule has 0 aliphatic carbocycles. The molecule has 0 N–H and O–H groups in total. The van der Waals surface area contributed by atoms with Gasteiger partial charge in [-0.05, 0) is 18.2 Å². The molecule has 2 rings (SSSR count). The second-order valence-corrected chi connectivity index (χ2v) is 5.36. The monoisotopic (exact) mass is 349 g/mol. The van der Waals surface area contributed by atoms with Gasteiger partial charge in [-0.3, -0.25) is 4.98 Å². The molecule has 0 amide bonds. The number of carbonyl (C=O) groups is 1. The molecule has 0 aliphatic rings. The molecule has 2 aromatic rings. The summed E-state index contributed by atoms with van der Waals surface area (Å²) in [5, 5.41) is 1.17. The van der Waals surface area contributed by atoms with Gasteiger partial charge in [0.25, 0.3) is 0 Å². The van der Waals surface area contributed by atoms with Crippen molar-refractivity contribution in [2.45, 2.75) is 0 Å². The predicted molar refractivity (Wildman–Crippen MR) is 81.1 cm³/mol. The standard InChI is InChI=1S/C13H7Cl4NO2/c1-20-13(19)6-4-9(16)12(18-5-6)10-7(14)2-3-8(15)11(10)17/h2-5H,1H3. The molecule has 3 nitrogen and oxygen atoms in total. The van der Waals surface area contributed by atoms with Crippen molar-refractivity contribution in [1.29, 1.82) is 0 Å². The normalized spacial score (nSPS) is 10.4. The molecular formula is C13H7Cl4NO2. The third-order valence-corrected chi connectivity index (χ3v) is 3.95. The SMILES string of the molecule is COC(=O)c1cnc(-c2c(Cl)ccc(Cl)c2Cl)c(Cl)c1. The Morgan fingerprint density at radius 2 is 1.75 bits per heavy atom. The fourth-order valence-corrected chi connectivity index (χ4v) is 2.56. The molecule has 0 spiro atoms. The molecule has 104 valence electrons. The Bertz CT molecular complexity index is 688. The molecule has 0 radical (unpaired) electrons. The fraction of sp³-hybridized carbons (Fsp3) is 0.0769. The van der Waals surface area contributed by atoms with E-state index in [1.54, 1.807) is 12.1 Å². The van der Waals surface area contributed by atoms with Crippen LogP contribution in [0.4, 0.5) is 0 Å². The van der Waals surface area contributed by atoms with E-state index in [1.165, 1.54) is 19.4 Å². The number of aromatic nitrogens is 1. The van der Waals surface area contributed by atoms with Gasteiger partial charge in [0, 0.05) is 11.8 Å². The number of rotatable bonds is 2. The zero-order valence-electron chi connectivity index (χ0n) is 10.1. The van der Waals surface area contributed by atoms with Gasteiger partial charge < -0.3 is 4.74 Å². The summed E-state index contributed by atoms with van der Waals surface area (Å²) < 4.78 is 4.59. The quantitative estimate of drug-likeness (QED) is 0.555. The minimum Gasteiger partial charge on any atom is -0.465 e. The van der Waals surface area contributed by atoms with Crippen LogP contribution in [-0.2, 0) is 4.74 Å². The summed E-state index contributed by atoms with van der Waals surface area (Å²) in [5.41, 5.74) is 0.995. The molecule has 0 aliphatic heterocycles. The summed E-state index contributed by atoms with van der Waals surface area (Å²) in [6.45, 7) is 0. The van der Waals surface area contributed by atoms with Crippen LogP contribution in [0, 0.1) is 0 Å². The van der Waals surface area contributed by atoms with Crippen molar-refractivity contribution in [2.24, 2.45) is 0 Å². The van der Waals surface area contributed by atoms with Gasteiger partial charge in [-0.15, -0.1) is 0 Å². The van der Waals surface area contributed by atoms with E-state index in [-0.39, 0.29) is 15.6 Å². The Kier molecular flexibility index (Phi) is 4.76. The number of pyridine rings is 1. The van der Waals surface area contributed by atoms with Crippen LogP contribution in [0.5, 0.6) is 0 Å². The van der Waals surface area contributed by atoms with Gasteiger partial charge in [0.1, 0.15) is 0 Å². The van der Waals surface area contributed by atoms with E-state index in [1.807, 2.05) is 0 Å². The highest BCUT2D eigenvalue weighted by molar-refractivity contribution is 6.46. The average molecular weight is 351 g/mol. The molecule has 0 bridgehead atoms. The minimum absolute atomic E-state index is 0.221. The van der Waals surface area contributed by atoms with Crippen LogP contribution in [-0.4, -0.2) is 18.1 Å². The second-order valence-electron chi connectivity index (χ2n) is 3.76. The van der Waals surface area contributed by atoms with E-state index in [2.05, 4.69) is 9.72 Å². The van der Waals surface area contributed by atoms with Crippen LogP contribution in [0.15, 0.2) is 24.4 Å². The van der Waals surface area contributed by atoms with Crippen LogP contribution in [0.1, 0.15) is 10.4 Å². The van der Waals surface area contributed by atoms with E-state index in [0.717, 1.165) is 0 Å². The van der Waals surface area contributed by atoms with Crippen molar-refractivity contribution in [3.05, 3.63) is 50.0 Å². The van der Waals surface area contributed by atoms with Crippen LogP contribution in [0.2, 0.25) is 20.1 Å². The third-order valence-electron chi connectivity index (χ3n) is 2.54. The summed E-state index contributed by atoms with van der Waals surface area (Å²) in [5.74, 6) is -0.533. The minimum atomic E-state index is -0.533. The first kappa shape index (κ1) is 15.4. The molecule has 1 aromatic carbocycles. The number of carbonyl (C=O) groups excluding carboxylic acids is 1. The number of hydrogen-bond acceptors (Lipinski definition) is 3. The predicted octanol–water partition coefficient (Wildman–Crippen LogP) is 5.15. The maximum absolute atomic E-state index is 11.4. The lowest BCUT2D eigenvalue weighted by molar-refractivity contribution is 0.0600. The van der Waals surface area contributed by atoms with Crippen molar-refractivity contribution in [3.8, 4) is 11.3 Å². The van der Waals surface area contributed by atoms with Gasteiger partial charge in [-0.25, -0.2) is 4.79 Å². The lowest BCUT2D eigenvalue weighted by Crippen LogP contribution is -2.02. The summed E-state index contributed by atoms with van der Waals surface area (Å²) in [4.78, 5) is 15.5. The van der Waals surface area contributed by atoms with Crippen molar-refractivity contribution in [2.75, 3.05) is 7.11 Å². The highest BCUT2D eigenvalue weighted by Gasteiger charge is 2.17. The Balaban J connectivity index is 2.60. The molecular weight excluding hydrogens is 344 g/mol. The van der Waals surface area contributed by atoms with Crippen LogP contribution in [0.3, 0.4) is 0 Å². The summed E-state index contributed by atoms with van der Waals surface area (Å²) in [7, 11) is 1.27. The Labute approximate surface area is 135 Å². The van der Waals surface area contributed by atoms with Gasteiger partial charge in [0.05, 0.1) is 38.5 Å². The summed E-state index contributed by atoms with van der Waals surface area (Å²) in [6, 6.07) is 4.60. The van der Waals surface area contributed by atoms with E-state index >= 15 is 0 Å². The van der Waals surface area contributed by atoms with E-state index in [9.17, 15) is 4.79 Å². The Morgan fingerprint density at radius 3 is 2.35 bits per heavy atom. The maximum Gasteiger partial charge on any atom is 0.339 e. The van der Waals surface area contributed by atoms with Crippen molar-refractivity contribution in [1.82, 2.24) is 4.98 Å². The third kappa shape index (κ3) is 2.86. The van der Waals surface area contributed by atoms with Crippen molar-refractivity contribution < 1.29 is 9.53 Å². The highest BCUT2D eigenvalue weighted by Crippen LogP contribution is 2.40. The molecule has 0 saturated heterocycles. The smallest absolute Gasteiger partial charge is 0.339 e. The first-order chi connectivity index (χ1) is 9.45. The largest absolute Gasteiger partial charge is 0.465 e. The number of ether oxygens (including phenoxy) is 1. The summed E-state index contributed by atoms with van der Waals surface area (Å²) >= 11 is 24.3. The molecule has 7 heteroatoms. The maximum atomic E-state index is 11.4. The van der Waals surface area contributed by atoms with Crippen molar-refractivity contribution >= 4 is 52.4 Å². The molecule has 0 atom stereocenters. The zero-order valence-corrected chi connectivity index (χ0v) is 13.1. The van der Waals surface area contributed by atoms with Gasteiger partial charge >= 0.3 is 5.97 Å². The van der Waals surface area contributed by atoms with Crippen LogP contribution in [0.25, 0.3) is 11.3 Å². The fourth-order valence-electron chi connectivity index (χ4n) is 1.60. The first-order valence-electron chi connectivity index (χ1n) is 5.33. The number of hydrogen-bond donors (Lipinski definition) is 0. The number of methoxy groups -OCH3 is 1. The average Bonchev–Trinajstić information content (AvgIpc) is 2.44. The molecule has 20 heavy (non-hydrogen) atoms. The van der Waals surface area contributed by atoms with E-state index in [0.29, 0.717) is 21.3 Å². The summed E-state index contributed by atoms with van der Waals surface area (Å²) in [6.07, 6.45) is 1.33. The molecule has 1 aromatic heterocycles. The topological polar surface area (TPSA) is 39.2 Å². The molecule has 0 saturated carbocycles. The van der Waals surface area contributed by atoms with Gasteiger partial charge in [-0.1, -0.05) is 46.4 Å². The molecule has 0 unspecified atom stereocenters. The van der Waals surface area contributed by atoms with Crippen LogP contribution < -0.4 is 0 Å². The number of esters is 1. The lowest BCUT2D eigenvalue weighted by atomic mass is 10.1. The van der Waals surface area contributed by atoms with E-state index < -0.39 is 5.97 Å². The van der Waals surface area contributed by atoms with Gasteiger partial charge in [0.2, 0.25) is 0 Å². The van der Waals surface area contributed by atoms with Gasteiger partial charge in [0.15, 0.2) is 0 Å². The van der Waals surface area contributed by atoms with Crippen molar-refractivity contribution in [3.63, 3.8) is 0 Å².